The van der Waals surface area contributed by atoms with Crippen LogP contribution in [0.1, 0.15) is 38.2 Å². The highest BCUT2D eigenvalue weighted by Crippen LogP contribution is 2.27. The normalized spacial score (nSPS) is 22.0. The molecule has 2 rings (SSSR count). The van der Waals surface area contributed by atoms with Gasteiger partial charge in [-0.3, -0.25) is 4.79 Å². The van der Waals surface area contributed by atoms with Crippen molar-refractivity contribution < 1.29 is 4.79 Å². The first-order valence-corrected chi connectivity index (χ1v) is 8.11. The first kappa shape index (κ1) is 19.3. The average Bonchev–Trinajstić information content (AvgIpc) is 2.86. The van der Waals surface area contributed by atoms with Crippen molar-refractivity contribution in [1.29, 1.82) is 0 Å². The van der Waals surface area contributed by atoms with Crippen LogP contribution in [0.2, 0.25) is 5.02 Å². The van der Waals surface area contributed by atoms with E-state index in [1.54, 1.807) is 0 Å². The molecule has 0 saturated heterocycles. The third-order valence-corrected chi connectivity index (χ3v) is 4.91. The topological polar surface area (TPSA) is 46.3 Å². The van der Waals surface area contributed by atoms with Crippen LogP contribution in [0.15, 0.2) is 24.3 Å². The van der Waals surface area contributed by atoms with Gasteiger partial charge in [-0.15, -0.1) is 12.4 Å². The molecule has 0 aromatic heterocycles. The number of rotatable bonds is 5. The molecule has 124 valence electrons. The van der Waals surface area contributed by atoms with Gasteiger partial charge < -0.3 is 10.6 Å². The zero-order chi connectivity index (χ0) is 15.4. The lowest BCUT2D eigenvalue weighted by atomic mass is 9.98. The summed E-state index contributed by atoms with van der Waals surface area (Å²) in [5.74, 6) is 0.571. The molecule has 1 unspecified atom stereocenters. The lowest BCUT2D eigenvalue weighted by Crippen LogP contribution is -2.39. The fourth-order valence-electron chi connectivity index (χ4n) is 3.03. The summed E-state index contributed by atoms with van der Waals surface area (Å²) in [5, 5.41) is 0.742. The summed E-state index contributed by atoms with van der Waals surface area (Å²) in [5.41, 5.74) is 7.26. The van der Waals surface area contributed by atoms with Crippen LogP contribution in [0.5, 0.6) is 0 Å². The Morgan fingerprint density at radius 3 is 2.55 bits per heavy atom. The van der Waals surface area contributed by atoms with Gasteiger partial charge in [0.15, 0.2) is 0 Å². The molecule has 2 N–H and O–H groups in total. The molecular weight excluding hydrogens is 319 g/mol. The van der Waals surface area contributed by atoms with Gasteiger partial charge in [0.1, 0.15) is 0 Å². The predicted molar refractivity (Wildman–Crippen MR) is 94.6 cm³/mol. The highest BCUT2D eigenvalue weighted by atomic mass is 35.5. The summed E-state index contributed by atoms with van der Waals surface area (Å²) < 4.78 is 0. The van der Waals surface area contributed by atoms with Crippen molar-refractivity contribution in [2.24, 2.45) is 11.7 Å². The van der Waals surface area contributed by atoms with Crippen LogP contribution in [-0.4, -0.2) is 29.9 Å². The SMILES string of the molecule is CC(Cc1ccc(Cl)cc1)N(C)C(=O)C[C@@H]1CCC[C@H]1N.Cl. The maximum atomic E-state index is 12.4. The Kier molecular flexibility index (Phi) is 7.67. The Labute approximate surface area is 144 Å². The molecule has 5 heteroatoms. The van der Waals surface area contributed by atoms with Crippen molar-refractivity contribution >= 4 is 29.9 Å². The minimum Gasteiger partial charge on any atom is -0.343 e. The number of halogens is 2. The number of nitrogens with zero attached hydrogens (tertiary/aromatic N) is 1. The zero-order valence-electron chi connectivity index (χ0n) is 13.3. The molecular formula is C17H26Cl2N2O. The van der Waals surface area contributed by atoms with Gasteiger partial charge in [-0.1, -0.05) is 30.2 Å². The zero-order valence-corrected chi connectivity index (χ0v) is 14.9. The van der Waals surface area contributed by atoms with Crippen molar-refractivity contribution in [2.45, 2.75) is 51.1 Å². The molecule has 1 saturated carbocycles. The Morgan fingerprint density at radius 1 is 1.36 bits per heavy atom. The van der Waals surface area contributed by atoms with Crippen LogP contribution in [0.25, 0.3) is 0 Å². The van der Waals surface area contributed by atoms with Crippen LogP contribution in [0.3, 0.4) is 0 Å². The third kappa shape index (κ3) is 5.15. The van der Waals surface area contributed by atoms with Crippen molar-refractivity contribution in [2.75, 3.05) is 7.05 Å². The second kappa shape index (κ2) is 8.76. The molecule has 1 aromatic rings. The fourth-order valence-corrected chi connectivity index (χ4v) is 3.16. The van der Waals surface area contributed by atoms with Gasteiger partial charge in [0.05, 0.1) is 0 Å². The molecule has 3 atom stereocenters. The summed E-state index contributed by atoms with van der Waals surface area (Å²) in [7, 11) is 1.89. The quantitative estimate of drug-likeness (QED) is 0.885. The van der Waals surface area contributed by atoms with E-state index in [2.05, 4.69) is 6.92 Å². The van der Waals surface area contributed by atoms with Crippen molar-refractivity contribution in [1.82, 2.24) is 4.90 Å². The summed E-state index contributed by atoms with van der Waals surface area (Å²) in [6.45, 7) is 2.08. The lowest BCUT2D eigenvalue weighted by Gasteiger charge is -2.27. The lowest BCUT2D eigenvalue weighted by molar-refractivity contribution is -0.132. The van der Waals surface area contributed by atoms with Gasteiger partial charge >= 0.3 is 0 Å². The molecule has 1 amide bonds. The van der Waals surface area contributed by atoms with E-state index < -0.39 is 0 Å². The first-order chi connectivity index (χ1) is 9.97. The molecule has 1 aliphatic rings. The van der Waals surface area contributed by atoms with Gasteiger partial charge in [-0.25, -0.2) is 0 Å². The Hall–Kier alpha value is -0.770. The minimum absolute atomic E-state index is 0. The largest absolute Gasteiger partial charge is 0.343 e. The number of hydrogen-bond acceptors (Lipinski definition) is 2. The van der Waals surface area contributed by atoms with Crippen LogP contribution in [0.4, 0.5) is 0 Å². The third-order valence-electron chi connectivity index (χ3n) is 4.65. The van der Waals surface area contributed by atoms with Gasteiger partial charge in [0.25, 0.3) is 0 Å². The van der Waals surface area contributed by atoms with Crippen LogP contribution in [-0.2, 0) is 11.2 Å². The molecule has 1 fully saturated rings. The maximum absolute atomic E-state index is 12.4. The molecule has 0 bridgehead atoms. The maximum Gasteiger partial charge on any atom is 0.222 e. The van der Waals surface area contributed by atoms with E-state index in [1.807, 2.05) is 36.2 Å². The molecule has 22 heavy (non-hydrogen) atoms. The van der Waals surface area contributed by atoms with Crippen molar-refractivity contribution in [3.8, 4) is 0 Å². The Morgan fingerprint density at radius 2 is 2.00 bits per heavy atom. The van der Waals surface area contributed by atoms with Crippen LogP contribution in [0, 0.1) is 5.92 Å². The van der Waals surface area contributed by atoms with E-state index in [0.29, 0.717) is 12.3 Å². The second-order valence-electron chi connectivity index (χ2n) is 6.24. The second-order valence-corrected chi connectivity index (χ2v) is 6.68. The van der Waals surface area contributed by atoms with E-state index in [1.165, 1.54) is 5.56 Å². The minimum atomic E-state index is 0. The average molecular weight is 345 g/mol. The number of nitrogens with two attached hydrogens (primary N) is 1. The molecule has 1 aromatic carbocycles. The van der Waals surface area contributed by atoms with E-state index in [0.717, 1.165) is 30.7 Å². The smallest absolute Gasteiger partial charge is 0.222 e. The molecule has 0 aliphatic heterocycles. The van der Waals surface area contributed by atoms with Gasteiger partial charge in [-0.2, -0.15) is 0 Å². The van der Waals surface area contributed by atoms with Crippen molar-refractivity contribution in [3.05, 3.63) is 34.9 Å². The molecule has 3 nitrogen and oxygen atoms in total. The van der Waals surface area contributed by atoms with E-state index in [-0.39, 0.29) is 30.4 Å². The standard InChI is InChI=1S/C17H25ClN2O.ClH/c1-12(10-13-6-8-15(18)9-7-13)20(2)17(21)11-14-4-3-5-16(14)19;/h6-9,12,14,16H,3-5,10-11,19H2,1-2H3;1H/t12?,14-,16+;/m0./s1. The Balaban J connectivity index is 0.00000242. The highest BCUT2D eigenvalue weighted by molar-refractivity contribution is 6.30. The number of hydrogen-bond donors (Lipinski definition) is 1. The summed E-state index contributed by atoms with van der Waals surface area (Å²) in [6, 6.07) is 8.20. The summed E-state index contributed by atoms with van der Waals surface area (Å²) in [4.78, 5) is 14.2. The molecule has 1 aliphatic carbocycles. The fraction of sp³-hybridized carbons (Fsp3) is 0.588. The Bertz CT molecular complexity index is 478. The number of carbonyl (C=O) groups excluding carboxylic acids is 1. The van der Waals surface area contributed by atoms with Crippen LogP contribution < -0.4 is 5.73 Å². The highest BCUT2D eigenvalue weighted by Gasteiger charge is 2.28. The van der Waals surface area contributed by atoms with Crippen LogP contribution >= 0.6 is 24.0 Å². The van der Waals surface area contributed by atoms with Gasteiger partial charge in [0.2, 0.25) is 5.91 Å². The number of carbonyl (C=O) groups is 1. The van der Waals surface area contributed by atoms with E-state index in [9.17, 15) is 4.79 Å². The summed E-state index contributed by atoms with van der Waals surface area (Å²) >= 11 is 5.89. The molecule has 0 spiro atoms. The summed E-state index contributed by atoms with van der Waals surface area (Å²) in [6.07, 6.45) is 4.73. The number of amides is 1. The monoisotopic (exact) mass is 344 g/mol. The van der Waals surface area contributed by atoms with E-state index >= 15 is 0 Å². The molecule has 0 radical (unpaired) electrons. The molecule has 0 heterocycles. The number of benzene rings is 1. The predicted octanol–water partition coefficient (Wildman–Crippen LogP) is 3.67. The van der Waals surface area contributed by atoms with E-state index in [4.69, 9.17) is 17.3 Å². The van der Waals surface area contributed by atoms with Crippen molar-refractivity contribution in [3.63, 3.8) is 0 Å². The number of likely N-dealkylation sites (N-methyl/N-ethyl adjacent to an activating group) is 1. The first-order valence-electron chi connectivity index (χ1n) is 7.73. The van der Waals surface area contributed by atoms with Gasteiger partial charge in [0, 0.05) is 30.6 Å². The van der Waals surface area contributed by atoms with Gasteiger partial charge in [-0.05, 0) is 49.8 Å².